The minimum atomic E-state index is 0.300. The van der Waals surface area contributed by atoms with Gasteiger partial charge in [0.2, 0.25) is 0 Å². The van der Waals surface area contributed by atoms with Crippen molar-refractivity contribution in [1.29, 1.82) is 0 Å². The third-order valence-electron chi connectivity index (χ3n) is 3.57. The molecule has 1 N–H and O–H groups in total. The van der Waals surface area contributed by atoms with E-state index in [9.17, 15) is 5.11 Å². The van der Waals surface area contributed by atoms with E-state index in [0.717, 1.165) is 10.5 Å². The van der Waals surface area contributed by atoms with E-state index in [1.54, 1.807) is 11.8 Å². The molecule has 102 valence electrons. The summed E-state index contributed by atoms with van der Waals surface area (Å²) < 4.78 is 1.32. The number of hydrogen-bond acceptors (Lipinski definition) is 3. The van der Waals surface area contributed by atoms with Crippen LogP contribution in [0.1, 0.15) is 23.3 Å². The second-order valence-electron chi connectivity index (χ2n) is 4.84. The molecule has 0 aliphatic rings. The summed E-state index contributed by atoms with van der Waals surface area (Å²) in [5.74, 6) is 0.678. The number of phenolic OH excluding ortho intramolecular Hbond substituents is 1. The Hall–Kier alpha value is -1.45. The minimum Gasteiger partial charge on any atom is -0.507 e. The first kappa shape index (κ1) is 13.5. The molecule has 1 aromatic heterocycles. The fraction of sp³-hybridized carbons (Fsp3) is 0.176. The van der Waals surface area contributed by atoms with E-state index in [0.29, 0.717) is 11.7 Å². The van der Waals surface area contributed by atoms with Crippen LogP contribution in [0.15, 0.2) is 53.4 Å². The van der Waals surface area contributed by atoms with Crippen LogP contribution in [0.5, 0.6) is 5.75 Å². The lowest BCUT2D eigenvalue weighted by atomic mass is 9.99. The molecule has 3 rings (SSSR count). The third-order valence-corrected chi connectivity index (χ3v) is 5.66. The van der Waals surface area contributed by atoms with Crippen LogP contribution in [0.25, 0.3) is 10.1 Å². The van der Waals surface area contributed by atoms with Gasteiger partial charge < -0.3 is 5.11 Å². The van der Waals surface area contributed by atoms with Crippen LogP contribution in [0.3, 0.4) is 0 Å². The normalized spacial score (nSPS) is 12.7. The standard InChI is InChI=1S/C17H16OS2/c1-11(12-7-8-16(19-2)14(18)9-12)17-10-13-5-3-4-6-15(13)20-17/h3-11,18H,1-2H3. The summed E-state index contributed by atoms with van der Waals surface area (Å²) >= 11 is 3.40. The first-order valence-electron chi connectivity index (χ1n) is 6.54. The zero-order valence-corrected chi connectivity index (χ0v) is 13.1. The van der Waals surface area contributed by atoms with Gasteiger partial charge in [0.1, 0.15) is 5.75 Å². The van der Waals surface area contributed by atoms with Gasteiger partial charge in [-0.1, -0.05) is 31.2 Å². The predicted octanol–water partition coefficient (Wildman–Crippen LogP) is 5.48. The molecule has 2 aromatic carbocycles. The van der Waals surface area contributed by atoms with Crippen molar-refractivity contribution >= 4 is 33.2 Å². The average Bonchev–Trinajstić information content (AvgIpc) is 2.90. The van der Waals surface area contributed by atoms with Gasteiger partial charge in [0.05, 0.1) is 0 Å². The van der Waals surface area contributed by atoms with Crippen molar-refractivity contribution in [3.63, 3.8) is 0 Å². The Morgan fingerprint density at radius 3 is 2.60 bits per heavy atom. The van der Waals surface area contributed by atoms with Gasteiger partial charge in [0.15, 0.2) is 0 Å². The topological polar surface area (TPSA) is 20.2 Å². The smallest absolute Gasteiger partial charge is 0.129 e. The number of thioether (sulfide) groups is 1. The monoisotopic (exact) mass is 300 g/mol. The Morgan fingerprint density at radius 2 is 1.90 bits per heavy atom. The highest BCUT2D eigenvalue weighted by atomic mass is 32.2. The molecule has 0 aliphatic heterocycles. The molecule has 0 saturated heterocycles. The number of aromatic hydroxyl groups is 1. The maximum Gasteiger partial charge on any atom is 0.129 e. The van der Waals surface area contributed by atoms with Crippen molar-refractivity contribution < 1.29 is 5.11 Å². The summed E-state index contributed by atoms with van der Waals surface area (Å²) in [5, 5.41) is 11.3. The van der Waals surface area contributed by atoms with Gasteiger partial charge in [-0.05, 0) is 41.5 Å². The van der Waals surface area contributed by atoms with E-state index in [-0.39, 0.29) is 0 Å². The van der Waals surface area contributed by atoms with Crippen molar-refractivity contribution in [2.45, 2.75) is 17.7 Å². The maximum absolute atomic E-state index is 10.0. The van der Waals surface area contributed by atoms with Crippen molar-refractivity contribution in [3.8, 4) is 5.75 Å². The fourth-order valence-electron chi connectivity index (χ4n) is 2.36. The molecule has 1 nitrogen and oxygen atoms in total. The molecule has 0 saturated carbocycles. The SMILES string of the molecule is CSc1ccc(C(C)c2cc3ccccc3s2)cc1O. The van der Waals surface area contributed by atoms with Crippen LogP contribution in [0.2, 0.25) is 0 Å². The second kappa shape index (κ2) is 5.51. The van der Waals surface area contributed by atoms with E-state index < -0.39 is 0 Å². The highest BCUT2D eigenvalue weighted by molar-refractivity contribution is 7.98. The summed E-state index contributed by atoms with van der Waals surface area (Å²) in [6, 6.07) is 16.7. The van der Waals surface area contributed by atoms with Crippen LogP contribution < -0.4 is 0 Å². The molecule has 0 aliphatic carbocycles. The lowest BCUT2D eigenvalue weighted by Gasteiger charge is -2.11. The molecule has 0 spiro atoms. The summed E-state index contributed by atoms with van der Waals surface area (Å²) in [7, 11) is 0. The summed E-state index contributed by atoms with van der Waals surface area (Å²) in [6.07, 6.45) is 1.98. The molecule has 20 heavy (non-hydrogen) atoms. The van der Waals surface area contributed by atoms with Crippen LogP contribution in [-0.4, -0.2) is 11.4 Å². The van der Waals surface area contributed by atoms with Crippen molar-refractivity contribution in [3.05, 3.63) is 59.0 Å². The van der Waals surface area contributed by atoms with Gasteiger partial charge in [-0.15, -0.1) is 23.1 Å². The molecule has 1 unspecified atom stereocenters. The van der Waals surface area contributed by atoms with Crippen LogP contribution in [-0.2, 0) is 0 Å². The quantitative estimate of drug-likeness (QED) is 0.646. The van der Waals surface area contributed by atoms with E-state index >= 15 is 0 Å². The lowest BCUT2D eigenvalue weighted by molar-refractivity contribution is 0.461. The van der Waals surface area contributed by atoms with Gasteiger partial charge in [0.25, 0.3) is 0 Å². The number of benzene rings is 2. The van der Waals surface area contributed by atoms with Crippen LogP contribution in [0.4, 0.5) is 0 Å². The molecule has 0 amide bonds. The number of fused-ring (bicyclic) bond motifs is 1. The Kier molecular flexibility index (Phi) is 3.72. The first-order valence-corrected chi connectivity index (χ1v) is 8.58. The third kappa shape index (κ3) is 2.43. The molecule has 0 fully saturated rings. The Balaban J connectivity index is 1.99. The molecule has 0 radical (unpaired) electrons. The Bertz CT molecular complexity index is 713. The highest BCUT2D eigenvalue weighted by Gasteiger charge is 2.13. The van der Waals surface area contributed by atoms with Crippen LogP contribution in [0, 0.1) is 0 Å². The zero-order chi connectivity index (χ0) is 14.1. The molecular weight excluding hydrogens is 284 g/mol. The number of thiophene rings is 1. The van der Waals surface area contributed by atoms with E-state index in [1.807, 2.05) is 29.7 Å². The van der Waals surface area contributed by atoms with Gasteiger partial charge in [-0.2, -0.15) is 0 Å². The molecule has 3 heteroatoms. The minimum absolute atomic E-state index is 0.300. The van der Waals surface area contributed by atoms with Gasteiger partial charge >= 0.3 is 0 Å². The average molecular weight is 300 g/mol. The Morgan fingerprint density at radius 1 is 1.10 bits per heavy atom. The molecule has 1 atom stereocenters. The molecule has 1 heterocycles. The van der Waals surface area contributed by atoms with E-state index in [4.69, 9.17) is 0 Å². The largest absolute Gasteiger partial charge is 0.507 e. The van der Waals surface area contributed by atoms with Crippen molar-refractivity contribution in [1.82, 2.24) is 0 Å². The van der Waals surface area contributed by atoms with Gasteiger partial charge in [-0.25, -0.2) is 0 Å². The van der Waals surface area contributed by atoms with E-state index in [2.05, 4.69) is 43.3 Å². The van der Waals surface area contributed by atoms with Gasteiger partial charge in [0, 0.05) is 20.4 Å². The second-order valence-corrected chi connectivity index (χ2v) is 6.80. The zero-order valence-electron chi connectivity index (χ0n) is 11.5. The van der Waals surface area contributed by atoms with E-state index in [1.165, 1.54) is 15.0 Å². The molecular formula is C17H16OS2. The van der Waals surface area contributed by atoms with Crippen molar-refractivity contribution in [2.24, 2.45) is 0 Å². The summed E-state index contributed by atoms with van der Waals surface area (Å²) in [5.41, 5.74) is 1.16. The van der Waals surface area contributed by atoms with Crippen molar-refractivity contribution in [2.75, 3.05) is 6.26 Å². The first-order chi connectivity index (χ1) is 9.69. The lowest BCUT2D eigenvalue weighted by Crippen LogP contribution is -1.93. The summed E-state index contributed by atoms with van der Waals surface area (Å²) in [4.78, 5) is 2.26. The number of hydrogen-bond donors (Lipinski definition) is 1. The Labute approximate surface area is 127 Å². The van der Waals surface area contributed by atoms with Crippen LogP contribution >= 0.6 is 23.1 Å². The molecule has 3 aromatic rings. The maximum atomic E-state index is 10.0. The predicted molar refractivity (Wildman–Crippen MR) is 89.2 cm³/mol. The van der Waals surface area contributed by atoms with Gasteiger partial charge in [-0.3, -0.25) is 0 Å². The number of rotatable bonds is 3. The number of phenols is 1. The fourth-order valence-corrected chi connectivity index (χ4v) is 3.97. The summed E-state index contributed by atoms with van der Waals surface area (Å²) in [6.45, 7) is 2.19. The highest BCUT2D eigenvalue weighted by Crippen LogP contribution is 2.37. The molecule has 0 bridgehead atoms.